The van der Waals surface area contributed by atoms with Gasteiger partial charge in [0.15, 0.2) is 5.78 Å². The number of carbonyl (C=O) groups is 2. The van der Waals surface area contributed by atoms with Crippen LogP contribution in [0.2, 0.25) is 10.0 Å². The van der Waals surface area contributed by atoms with Crippen LogP contribution in [0.3, 0.4) is 0 Å². The van der Waals surface area contributed by atoms with E-state index in [9.17, 15) is 18.0 Å². The van der Waals surface area contributed by atoms with Crippen molar-refractivity contribution in [1.82, 2.24) is 4.72 Å². The molecule has 158 valence electrons. The topological polar surface area (TPSA) is 101 Å². The van der Waals surface area contributed by atoms with E-state index in [1.807, 2.05) is 0 Å². The van der Waals surface area contributed by atoms with Crippen molar-refractivity contribution in [3.63, 3.8) is 0 Å². The molecule has 0 bridgehead atoms. The van der Waals surface area contributed by atoms with Crippen molar-refractivity contribution in [2.24, 2.45) is 0 Å². The molecule has 0 saturated carbocycles. The van der Waals surface area contributed by atoms with Gasteiger partial charge in [-0.2, -0.15) is 0 Å². The second-order valence-corrected chi connectivity index (χ2v) is 9.85. The van der Waals surface area contributed by atoms with Gasteiger partial charge in [0.05, 0.1) is 9.93 Å². The van der Waals surface area contributed by atoms with E-state index < -0.39 is 26.7 Å². The molecule has 1 atom stereocenters. The van der Waals surface area contributed by atoms with Crippen LogP contribution < -0.4 is 4.72 Å². The van der Waals surface area contributed by atoms with E-state index >= 15 is 0 Å². The summed E-state index contributed by atoms with van der Waals surface area (Å²) >= 11 is 18.4. The third kappa shape index (κ3) is 6.55. The number of carboxylic acids is 1. The lowest BCUT2D eigenvalue weighted by Crippen LogP contribution is -2.33. The van der Waals surface area contributed by atoms with Crippen LogP contribution in [0.1, 0.15) is 42.5 Å². The highest BCUT2D eigenvalue weighted by molar-refractivity contribution is 7.93. The van der Waals surface area contributed by atoms with Crippen molar-refractivity contribution in [2.45, 2.75) is 37.0 Å². The maximum atomic E-state index is 12.8. The molecule has 0 fully saturated rings. The van der Waals surface area contributed by atoms with Gasteiger partial charge in [-0.15, -0.1) is 11.6 Å². The van der Waals surface area contributed by atoms with Crippen LogP contribution in [-0.4, -0.2) is 36.7 Å². The molecule has 0 aromatic heterocycles. The number of hydrogen-bond donors (Lipinski definition) is 2. The molecule has 2 rings (SSSR count). The Kier molecular flexibility index (Phi) is 8.31. The lowest BCUT2D eigenvalue weighted by molar-refractivity contribution is -0.137. The summed E-state index contributed by atoms with van der Waals surface area (Å²) < 4.78 is 27.2. The fourth-order valence-corrected chi connectivity index (χ4v) is 4.60. The number of aliphatic carboxylic acids is 1. The smallest absolute Gasteiger partial charge is 0.303 e. The molecule has 1 aliphatic carbocycles. The standard InChI is InChI=1S/C19H20Cl3NO5S/c20-13-5-6-15(16(21)12-13)18(26)19(22)9-7-14(8-10-19)29(27,28)23-11-3-1-2-4-17(24)25/h5-9,12,23H,1-4,10-11H2,(H,24,25). The summed E-state index contributed by atoms with van der Waals surface area (Å²) in [6, 6.07) is 4.45. The Hall–Kier alpha value is -1.38. The van der Waals surface area contributed by atoms with Crippen molar-refractivity contribution in [1.29, 1.82) is 0 Å². The Labute approximate surface area is 184 Å². The van der Waals surface area contributed by atoms with E-state index in [0.717, 1.165) is 0 Å². The van der Waals surface area contributed by atoms with Crippen LogP contribution in [0.15, 0.2) is 41.3 Å². The minimum atomic E-state index is -3.75. The molecule has 2 N–H and O–H groups in total. The summed E-state index contributed by atoms with van der Waals surface area (Å²) in [7, 11) is -3.75. The van der Waals surface area contributed by atoms with Crippen LogP contribution in [0.5, 0.6) is 0 Å². The molecule has 0 amide bonds. The molecule has 1 aromatic carbocycles. The molecule has 0 aliphatic heterocycles. The van der Waals surface area contributed by atoms with Gasteiger partial charge in [-0.1, -0.05) is 41.8 Å². The largest absolute Gasteiger partial charge is 0.481 e. The third-order valence-electron chi connectivity index (χ3n) is 4.34. The van der Waals surface area contributed by atoms with E-state index in [-0.39, 0.29) is 34.9 Å². The van der Waals surface area contributed by atoms with Crippen molar-refractivity contribution < 1.29 is 23.1 Å². The van der Waals surface area contributed by atoms with Crippen LogP contribution in [0.4, 0.5) is 0 Å². The number of alkyl halides is 1. The molecule has 29 heavy (non-hydrogen) atoms. The van der Waals surface area contributed by atoms with Crippen molar-refractivity contribution >= 4 is 56.6 Å². The number of benzene rings is 1. The maximum absolute atomic E-state index is 12.8. The van der Waals surface area contributed by atoms with E-state index in [4.69, 9.17) is 39.9 Å². The number of Topliss-reactive ketones (excluding diaryl/α,β-unsaturated/α-hetero) is 1. The predicted octanol–water partition coefficient (Wildman–Crippen LogP) is 4.56. The van der Waals surface area contributed by atoms with Gasteiger partial charge in [-0.05, 0) is 43.5 Å². The average molecular weight is 481 g/mol. The van der Waals surface area contributed by atoms with Crippen molar-refractivity contribution in [3.05, 3.63) is 56.9 Å². The summed E-state index contributed by atoms with van der Waals surface area (Å²) in [6.45, 7) is 0.193. The zero-order valence-corrected chi connectivity index (χ0v) is 18.4. The van der Waals surface area contributed by atoms with Crippen LogP contribution in [-0.2, 0) is 14.8 Å². The lowest BCUT2D eigenvalue weighted by atomic mass is 9.90. The molecule has 6 nitrogen and oxygen atoms in total. The Morgan fingerprint density at radius 2 is 1.90 bits per heavy atom. The first-order chi connectivity index (χ1) is 13.5. The summed E-state index contributed by atoms with van der Waals surface area (Å²) in [5, 5.41) is 9.13. The number of nitrogens with one attached hydrogen (secondary N) is 1. The molecule has 1 aromatic rings. The quantitative estimate of drug-likeness (QED) is 0.290. The second kappa shape index (κ2) is 10.1. The van der Waals surface area contributed by atoms with Gasteiger partial charge >= 0.3 is 5.97 Å². The van der Waals surface area contributed by atoms with Gasteiger partial charge in [0.2, 0.25) is 10.0 Å². The Morgan fingerprint density at radius 3 is 2.48 bits per heavy atom. The van der Waals surface area contributed by atoms with Crippen LogP contribution in [0.25, 0.3) is 0 Å². The number of rotatable bonds is 10. The third-order valence-corrected chi connectivity index (χ3v) is 6.84. The zero-order chi connectivity index (χ0) is 21.7. The highest BCUT2D eigenvalue weighted by Crippen LogP contribution is 2.35. The SMILES string of the molecule is O=C(O)CCCCCNS(=O)(=O)C1=CCC(Cl)(C(=O)c2ccc(Cl)cc2Cl)C=C1. The van der Waals surface area contributed by atoms with E-state index in [1.54, 1.807) is 0 Å². The normalized spacial score (nSPS) is 19.1. The fraction of sp³-hybridized carbons (Fsp3) is 0.368. The number of unbranched alkanes of at least 4 members (excludes halogenated alkanes) is 2. The number of hydrogen-bond acceptors (Lipinski definition) is 4. The molecule has 1 aliphatic rings. The number of allylic oxidation sites excluding steroid dienone is 3. The molecule has 0 saturated heterocycles. The molecule has 0 heterocycles. The molecule has 1 unspecified atom stereocenters. The monoisotopic (exact) mass is 479 g/mol. The number of halogens is 3. The van der Waals surface area contributed by atoms with Gasteiger partial charge < -0.3 is 5.11 Å². The van der Waals surface area contributed by atoms with Gasteiger partial charge in [-0.25, -0.2) is 13.1 Å². The molecule has 0 radical (unpaired) electrons. The van der Waals surface area contributed by atoms with Gasteiger partial charge in [0, 0.05) is 23.6 Å². The van der Waals surface area contributed by atoms with E-state index in [2.05, 4.69) is 4.72 Å². The Morgan fingerprint density at radius 1 is 1.17 bits per heavy atom. The summed E-state index contributed by atoms with van der Waals surface area (Å²) in [5.74, 6) is -1.32. The number of carbonyl (C=O) groups excluding carboxylic acids is 1. The fourth-order valence-electron chi connectivity index (χ4n) is 2.73. The van der Waals surface area contributed by atoms with Gasteiger partial charge in [-0.3, -0.25) is 9.59 Å². The summed E-state index contributed by atoms with van der Waals surface area (Å²) in [6.07, 6.45) is 5.70. The first-order valence-electron chi connectivity index (χ1n) is 8.85. The predicted molar refractivity (Wildman–Crippen MR) is 114 cm³/mol. The first-order valence-corrected chi connectivity index (χ1v) is 11.5. The highest BCUT2D eigenvalue weighted by atomic mass is 35.5. The molecule has 0 spiro atoms. The van der Waals surface area contributed by atoms with Crippen LogP contribution in [0, 0.1) is 0 Å². The zero-order valence-electron chi connectivity index (χ0n) is 15.3. The minimum Gasteiger partial charge on any atom is -0.481 e. The first kappa shape index (κ1) is 23.9. The van der Waals surface area contributed by atoms with Gasteiger partial charge in [0.25, 0.3) is 0 Å². The lowest BCUT2D eigenvalue weighted by Gasteiger charge is -2.24. The number of sulfonamides is 1. The summed E-state index contributed by atoms with van der Waals surface area (Å²) in [5.41, 5.74) is 0.204. The Bertz CT molecular complexity index is 959. The number of ketones is 1. The second-order valence-electron chi connectivity index (χ2n) is 6.56. The number of carboxylic acid groups (broad SMARTS) is 1. The van der Waals surface area contributed by atoms with Crippen molar-refractivity contribution in [2.75, 3.05) is 6.54 Å². The summed E-state index contributed by atoms with van der Waals surface area (Å²) in [4.78, 5) is 21.8. The minimum absolute atomic E-state index is 0.0162. The van der Waals surface area contributed by atoms with Crippen LogP contribution >= 0.6 is 34.8 Å². The molecule has 10 heteroatoms. The molecular formula is C19H20Cl3NO5S. The van der Waals surface area contributed by atoms with E-state index in [0.29, 0.717) is 24.3 Å². The maximum Gasteiger partial charge on any atom is 0.303 e. The van der Waals surface area contributed by atoms with Gasteiger partial charge in [0.1, 0.15) is 4.87 Å². The highest BCUT2D eigenvalue weighted by Gasteiger charge is 2.37. The molecular weight excluding hydrogens is 461 g/mol. The average Bonchev–Trinajstić information content (AvgIpc) is 2.64. The van der Waals surface area contributed by atoms with E-state index in [1.165, 1.54) is 36.4 Å². The van der Waals surface area contributed by atoms with Crippen molar-refractivity contribution in [3.8, 4) is 0 Å². The Balaban J connectivity index is 1.97.